The van der Waals surface area contributed by atoms with Crippen molar-refractivity contribution in [2.45, 2.75) is 20.4 Å². The Morgan fingerprint density at radius 2 is 2.10 bits per heavy atom. The van der Waals surface area contributed by atoms with Crippen molar-refractivity contribution >= 4 is 16.9 Å². The van der Waals surface area contributed by atoms with E-state index < -0.39 is 0 Å². The Balaban J connectivity index is 1.65. The Bertz CT molecular complexity index is 1210. The lowest BCUT2D eigenvalue weighted by Gasteiger charge is -2.14. The highest BCUT2D eigenvalue weighted by Gasteiger charge is 2.20. The minimum atomic E-state index is -0.139. The molecule has 0 aliphatic rings. The van der Waals surface area contributed by atoms with Crippen molar-refractivity contribution in [2.75, 3.05) is 13.7 Å². The maximum Gasteiger partial charge on any atom is 0.252 e. The molecule has 0 bridgehead atoms. The smallest absolute Gasteiger partial charge is 0.252 e. The number of nitrogens with one attached hydrogen (secondary N) is 1. The highest BCUT2D eigenvalue weighted by Crippen LogP contribution is 2.28. The summed E-state index contributed by atoms with van der Waals surface area (Å²) in [6, 6.07) is 11.4. The maximum absolute atomic E-state index is 13.2. The molecule has 8 heteroatoms. The third-order valence-corrected chi connectivity index (χ3v) is 5.25. The van der Waals surface area contributed by atoms with Gasteiger partial charge in [0.15, 0.2) is 5.65 Å². The van der Waals surface area contributed by atoms with Crippen LogP contribution in [-0.4, -0.2) is 44.1 Å². The second kappa shape index (κ2) is 8.59. The summed E-state index contributed by atoms with van der Waals surface area (Å²) in [6.07, 6.45) is 3.68. The van der Waals surface area contributed by atoms with E-state index in [2.05, 4.69) is 22.4 Å². The molecule has 0 aliphatic heterocycles. The van der Waals surface area contributed by atoms with Crippen LogP contribution in [-0.2, 0) is 13.6 Å². The second-order valence-electron chi connectivity index (χ2n) is 7.74. The fourth-order valence-corrected chi connectivity index (χ4v) is 3.71. The first-order valence-electron chi connectivity index (χ1n) is 10.2. The van der Waals surface area contributed by atoms with Gasteiger partial charge in [-0.2, -0.15) is 10.2 Å². The van der Waals surface area contributed by atoms with Crippen molar-refractivity contribution in [2.24, 2.45) is 13.0 Å². The van der Waals surface area contributed by atoms with Gasteiger partial charge in [-0.15, -0.1) is 0 Å². The molecule has 8 nitrogen and oxygen atoms in total. The number of carbonyl (C=O) groups is 1. The van der Waals surface area contributed by atoms with Crippen molar-refractivity contribution in [1.29, 1.82) is 0 Å². The van der Waals surface area contributed by atoms with E-state index in [0.29, 0.717) is 23.4 Å². The predicted octanol–water partition coefficient (Wildman–Crippen LogP) is 3.21. The molecule has 0 aliphatic carbocycles. The first kappa shape index (κ1) is 20.6. The average Bonchev–Trinajstić information content (AvgIpc) is 3.39. The number of carbonyl (C=O) groups excluding carboxylic acids is 1. The van der Waals surface area contributed by atoms with Gasteiger partial charge in [0.1, 0.15) is 5.75 Å². The van der Waals surface area contributed by atoms with Gasteiger partial charge in [0.25, 0.3) is 5.91 Å². The highest BCUT2D eigenvalue weighted by molar-refractivity contribution is 6.07. The summed E-state index contributed by atoms with van der Waals surface area (Å²) in [6.45, 7) is 5.25. The van der Waals surface area contributed by atoms with E-state index in [9.17, 15) is 4.79 Å². The normalized spacial score (nSPS) is 12.1. The zero-order valence-corrected chi connectivity index (χ0v) is 18.2. The van der Waals surface area contributed by atoms with Crippen LogP contribution in [0.1, 0.15) is 23.0 Å². The molecule has 3 heterocycles. The first-order chi connectivity index (χ1) is 15.0. The van der Waals surface area contributed by atoms with E-state index in [4.69, 9.17) is 9.72 Å². The summed E-state index contributed by atoms with van der Waals surface area (Å²) in [7, 11) is 3.47. The zero-order chi connectivity index (χ0) is 22.0. The molecule has 3 aromatic heterocycles. The molecule has 1 amide bonds. The number of methoxy groups -OCH3 is 1. The van der Waals surface area contributed by atoms with Crippen LogP contribution in [0, 0.1) is 12.8 Å². The van der Waals surface area contributed by atoms with Gasteiger partial charge in [0, 0.05) is 38.1 Å². The lowest BCUT2D eigenvalue weighted by Crippen LogP contribution is -2.30. The van der Waals surface area contributed by atoms with Gasteiger partial charge in [-0.3, -0.25) is 14.2 Å². The fourth-order valence-electron chi connectivity index (χ4n) is 3.71. The van der Waals surface area contributed by atoms with Crippen LogP contribution in [0.15, 0.2) is 48.8 Å². The third kappa shape index (κ3) is 4.28. The van der Waals surface area contributed by atoms with E-state index >= 15 is 0 Å². The van der Waals surface area contributed by atoms with Gasteiger partial charge in [-0.25, -0.2) is 4.98 Å². The summed E-state index contributed by atoms with van der Waals surface area (Å²) in [4.78, 5) is 18.0. The van der Waals surface area contributed by atoms with Gasteiger partial charge >= 0.3 is 0 Å². The van der Waals surface area contributed by atoms with Crippen LogP contribution < -0.4 is 10.1 Å². The molecule has 1 atom stereocenters. The lowest BCUT2D eigenvalue weighted by atomic mass is 10.0. The molecule has 0 saturated heterocycles. The number of fused-ring (bicyclic) bond motifs is 1. The molecule has 0 spiro atoms. The van der Waals surface area contributed by atoms with Crippen molar-refractivity contribution < 1.29 is 9.53 Å². The van der Waals surface area contributed by atoms with Crippen molar-refractivity contribution in [3.63, 3.8) is 0 Å². The molecular formula is C23H26N6O2. The molecular weight excluding hydrogens is 392 g/mol. The molecule has 0 fully saturated rings. The number of hydrogen-bond acceptors (Lipinski definition) is 5. The number of rotatable bonds is 7. The minimum absolute atomic E-state index is 0.139. The number of aromatic nitrogens is 5. The quantitative estimate of drug-likeness (QED) is 0.498. The van der Waals surface area contributed by atoms with Gasteiger partial charge in [0.2, 0.25) is 0 Å². The van der Waals surface area contributed by atoms with E-state index in [0.717, 1.165) is 28.9 Å². The number of aryl methyl sites for hydroxylation is 2. The van der Waals surface area contributed by atoms with Crippen LogP contribution >= 0.6 is 0 Å². The molecule has 4 aromatic rings. The van der Waals surface area contributed by atoms with Gasteiger partial charge in [0.05, 0.1) is 29.4 Å². The topological polar surface area (TPSA) is 86.9 Å². The lowest BCUT2D eigenvalue weighted by molar-refractivity contribution is 0.0948. The molecule has 1 aromatic carbocycles. The molecule has 1 N–H and O–H groups in total. The Labute approximate surface area is 180 Å². The van der Waals surface area contributed by atoms with Crippen LogP contribution in [0.2, 0.25) is 0 Å². The first-order valence-corrected chi connectivity index (χ1v) is 10.2. The van der Waals surface area contributed by atoms with Gasteiger partial charge in [-0.1, -0.05) is 19.1 Å². The SMILES string of the molecule is COc1cccc(-c2cc(C(=O)NC[C@@H](C)Cn3cccn3)c3c(C)nn(C)c3n2)c1. The van der Waals surface area contributed by atoms with Gasteiger partial charge < -0.3 is 10.1 Å². The highest BCUT2D eigenvalue weighted by atomic mass is 16.5. The van der Waals surface area contributed by atoms with E-state index in [1.807, 2.05) is 61.2 Å². The standard InChI is InChI=1S/C23H26N6O2/c1-15(14-29-10-6-9-25-29)13-24-23(30)19-12-20(17-7-5-8-18(11-17)31-4)26-22-21(19)16(2)27-28(22)3/h5-12,15H,13-14H2,1-4H3,(H,24,30)/t15-/m1/s1. The van der Waals surface area contributed by atoms with Crippen LogP contribution in [0.4, 0.5) is 0 Å². The summed E-state index contributed by atoms with van der Waals surface area (Å²) < 4.78 is 8.93. The van der Waals surface area contributed by atoms with Crippen LogP contribution in [0.5, 0.6) is 5.75 Å². The van der Waals surface area contributed by atoms with Crippen molar-refractivity contribution in [3.05, 3.63) is 60.0 Å². The second-order valence-corrected chi connectivity index (χ2v) is 7.74. The summed E-state index contributed by atoms with van der Waals surface area (Å²) in [5.74, 6) is 0.827. The molecule has 160 valence electrons. The van der Waals surface area contributed by atoms with Crippen molar-refractivity contribution in [3.8, 4) is 17.0 Å². The molecule has 0 saturated carbocycles. The minimum Gasteiger partial charge on any atom is -0.497 e. The Morgan fingerprint density at radius 3 is 2.84 bits per heavy atom. The number of pyridine rings is 1. The van der Waals surface area contributed by atoms with Crippen LogP contribution in [0.25, 0.3) is 22.3 Å². The molecule has 31 heavy (non-hydrogen) atoms. The summed E-state index contributed by atoms with van der Waals surface area (Å²) in [5.41, 5.74) is 3.59. The average molecular weight is 419 g/mol. The Morgan fingerprint density at radius 1 is 1.26 bits per heavy atom. The van der Waals surface area contributed by atoms with E-state index in [-0.39, 0.29) is 11.8 Å². The van der Waals surface area contributed by atoms with E-state index in [1.165, 1.54) is 0 Å². The Kier molecular flexibility index (Phi) is 5.70. The largest absolute Gasteiger partial charge is 0.497 e. The third-order valence-electron chi connectivity index (χ3n) is 5.25. The zero-order valence-electron chi connectivity index (χ0n) is 18.2. The molecule has 4 rings (SSSR count). The molecule has 0 radical (unpaired) electrons. The summed E-state index contributed by atoms with van der Waals surface area (Å²) >= 11 is 0. The number of nitrogens with zero attached hydrogens (tertiary/aromatic N) is 5. The fraction of sp³-hybridized carbons (Fsp3) is 0.304. The Hall–Kier alpha value is -3.68. The number of hydrogen-bond donors (Lipinski definition) is 1. The summed E-state index contributed by atoms with van der Waals surface area (Å²) in [5, 5.41) is 12.6. The maximum atomic E-state index is 13.2. The van der Waals surface area contributed by atoms with Crippen molar-refractivity contribution in [1.82, 2.24) is 29.9 Å². The number of amides is 1. The van der Waals surface area contributed by atoms with Crippen LogP contribution in [0.3, 0.4) is 0 Å². The number of benzene rings is 1. The predicted molar refractivity (Wildman–Crippen MR) is 119 cm³/mol. The molecule has 0 unspecified atom stereocenters. The monoisotopic (exact) mass is 418 g/mol. The van der Waals surface area contributed by atoms with Gasteiger partial charge in [-0.05, 0) is 37.1 Å². The van der Waals surface area contributed by atoms with E-state index in [1.54, 1.807) is 18.0 Å². The number of ether oxygens (including phenoxy) is 1.